The normalized spacial score (nSPS) is 12.2. The van der Waals surface area contributed by atoms with E-state index >= 15 is 0 Å². The van der Waals surface area contributed by atoms with Crippen LogP contribution in [0.1, 0.15) is 24.2 Å². The lowest BCUT2D eigenvalue weighted by molar-refractivity contribution is 0.393. The largest absolute Gasteiger partial charge is 0.496 e. The van der Waals surface area contributed by atoms with Gasteiger partial charge in [-0.05, 0) is 31.2 Å². The molecule has 0 aliphatic carbocycles. The van der Waals surface area contributed by atoms with Crippen LogP contribution in [0.4, 0.5) is 4.39 Å². The number of nitrogens with one attached hydrogen (secondary N) is 1. The topological polar surface area (TPSA) is 34.1 Å². The second-order valence-corrected chi connectivity index (χ2v) is 4.28. The molecule has 2 rings (SSSR count). The molecule has 19 heavy (non-hydrogen) atoms. The van der Waals surface area contributed by atoms with Crippen molar-refractivity contribution in [3.63, 3.8) is 0 Å². The maximum absolute atomic E-state index is 13.9. The number of ether oxygens (including phenoxy) is 1. The molecule has 0 aliphatic rings. The van der Waals surface area contributed by atoms with E-state index in [2.05, 4.69) is 10.3 Å². The van der Waals surface area contributed by atoms with Gasteiger partial charge in [0.2, 0.25) is 0 Å². The molecule has 0 spiro atoms. The number of hydrogen-bond acceptors (Lipinski definition) is 3. The lowest BCUT2D eigenvalue weighted by Crippen LogP contribution is -2.20. The summed E-state index contributed by atoms with van der Waals surface area (Å²) in [5.74, 6) is 0.293. The summed E-state index contributed by atoms with van der Waals surface area (Å²) < 4.78 is 19.1. The molecule has 0 bridgehead atoms. The molecule has 1 atom stereocenters. The highest BCUT2D eigenvalue weighted by molar-refractivity contribution is 5.36. The highest BCUT2D eigenvalue weighted by Gasteiger charge is 2.15. The van der Waals surface area contributed by atoms with E-state index in [1.807, 2.05) is 25.1 Å². The Labute approximate surface area is 112 Å². The van der Waals surface area contributed by atoms with Gasteiger partial charge >= 0.3 is 0 Å². The third-order valence-electron chi connectivity index (χ3n) is 2.98. The van der Waals surface area contributed by atoms with Gasteiger partial charge in [0.1, 0.15) is 11.6 Å². The Morgan fingerprint density at radius 1 is 1.26 bits per heavy atom. The minimum Gasteiger partial charge on any atom is -0.496 e. The standard InChI is InChI=1S/C15H17FN2O/c1-11(18-10-12-6-3-4-9-17-12)15-13(16)7-5-8-14(15)19-2/h3-9,11,18H,10H2,1-2H3. The number of aromatic nitrogens is 1. The summed E-state index contributed by atoms with van der Waals surface area (Å²) in [4.78, 5) is 4.22. The van der Waals surface area contributed by atoms with E-state index in [0.717, 1.165) is 5.69 Å². The lowest BCUT2D eigenvalue weighted by atomic mass is 10.1. The monoisotopic (exact) mass is 260 g/mol. The molecule has 0 fully saturated rings. The van der Waals surface area contributed by atoms with Crippen LogP contribution in [-0.4, -0.2) is 12.1 Å². The van der Waals surface area contributed by atoms with E-state index in [0.29, 0.717) is 17.9 Å². The number of nitrogens with zero attached hydrogens (tertiary/aromatic N) is 1. The quantitative estimate of drug-likeness (QED) is 0.897. The summed E-state index contributed by atoms with van der Waals surface area (Å²) in [5.41, 5.74) is 1.46. The summed E-state index contributed by atoms with van der Waals surface area (Å²) in [7, 11) is 1.55. The zero-order valence-electron chi connectivity index (χ0n) is 11.1. The molecule has 100 valence electrons. The molecule has 3 nitrogen and oxygen atoms in total. The maximum atomic E-state index is 13.9. The highest BCUT2D eigenvalue weighted by Crippen LogP contribution is 2.27. The predicted octanol–water partition coefficient (Wildman–Crippen LogP) is 3.08. The first kappa shape index (κ1) is 13.5. The van der Waals surface area contributed by atoms with E-state index in [-0.39, 0.29) is 11.9 Å². The smallest absolute Gasteiger partial charge is 0.131 e. The van der Waals surface area contributed by atoms with Gasteiger partial charge in [0.15, 0.2) is 0 Å². The van der Waals surface area contributed by atoms with E-state index in [4.69, 9.17) is 4.74 Å². The molecule has 1 aromatic carbocycles. The Balaban J connectivity index is 2.10. The van der Waals surface area contributed by atoms with E-state index in [1.165, 1.54) is 6.07 Å². The molecule has 1 N–H and O–H groups in total. The van der Waals surface area contributed by atoms with Crippen LogP contribution in [0, 0.1) is 5.82 Å². The van der Waals surface area contributed by atoms with Crippen molar-refractivity contribution in [3.8, 4) is 5.75 Å². The van der Waals surface area contributed by atoms with Crippen LogP contribution in [0.5, 0.6) is 5.75 Å². The van der Waals surface area contributed by atoms with Gasteiger partial charge in [0, 0.05) is 24.3 Å². The number of rotatable bonds is 5. The lowest BCUT2D eigenvalue weighted by Gasteiger charge is -2.17. The van der Waals surface area contributed by atoms with Crippen LogP contribution in [0.2, 0.25) is 0 Å². The fourth-order valence-corrected chi connectivity index (χ4v) is 1.98. The van der Waals surface area contributed by atoms with Gasteiger partial charge in [-0.1, -0.05) is 12.1 Å². The molecule has 1 aromatic heterocycles. The second kappa shape index (κ2) is 6.29. The van der Waals surface area contributed by atoms with E-state index < -0.39 is 0 Å². The van der Waals surface area contributed by atoms with Gasteiger partial charge in [0.25, 0.3) is 0 Å². The molecule has 0 radical (unpaired) electrons. The third-order valence-corrected chi connectivity index (χ3v) is 2.98. The minimum atomic E-state index is -0.264. The molecule has 2 aromatic rings. The molecule has 0 saturated heterocycles. The number of benzene rings is 1. The minimum absolute atomic E-state index is 0.154. The van der Waals surface area contributed by atoms with Crippen molar-refractivity contribution >= 4 is 0 Å². The molecule has 0 saturated carbocycles. The summed E-state index contributed by atoms with van der Waals surface area (Å²) in [6.45, 7) is 2.49. The van der Waals surface area contributed by atoms with Crippen molar-refractivity contribution in [1.82, 2.24) is 10.3 Å². The Kier molecular flexibility index (Phi) is 4.47. The zero-order chi connectivity index (χ0) is 13.7. The number of halogens is 1. The van der Waals surface area contributed by atoms with Crippen LogP contribution in [0.3, 0.4) is 0 Å². The molecular weight excluding hydrogens is 243 g/mol. The van der Waals surface area contributed by atoms with Gasteiger partial charge in [-0.15, -0.1) is 0 Å². The van der Waals surface area contributed by atoms with Crippen LogP contribution < -0.4 is 10.1 Å². The fourth-order valence-electron chi connectivity index (χ4n) is 1.98. The Morgan fingerprint density at radius 3 is 2.79 bits per heavy atom. The van der Waals surface area contributed by atoms with Crippen LogP contribution >= 0.6 is 0 Å². The summed E-state index contributed by atoms with van der Waals surface area (Å²) in [5, 5.41) is 3.25. The SMILES string of the molecule is COc1cccc(F)c1C(C)NCc1ccccn1. The highest BCUT2D eigenvalue weighted by atomic mass is 19.1. The van der Waals surface area contributed by atoms with Crippen molar-refractivity contribution in [2.24, 2.45) is 0 Å². The van der Waals surface area contributed by atoms with Gasteiger partial charge < -0.3 is 10.1 Å². The fraction of sp³-hybridized carbons (Fsp3) is 0.267. The average molecular weight is 260 g/mol. The van der Waals surface area contributed by atoms with E-state index in [1.54, 1.807) is 25.4 Å². The number of hydrogen-bond donors (Lipinski definition) is 1. The van der Waals surface area contributed by atoms with Crippen molar-refractivity contribution in [3.05, 3.63) is 59.7 Å². The Bertz CT molecular complexity index is 531. The zero-order valence-corrected chi connectivity index (χ0v) is 11.1. The average Bonchev–Trinajstić information content (AvgIpc) is 2.45. The van der Waals surface area contributed by atoms with Crippen molar-refractivity contribution < 1.29 is 9.13 Å². The van der Waals surface area contributed by atoms with Crippen LogP contribution in [0.15, 0.2) is 42.6 Å². The molecule has 1 heterocycles. The first-order valence-electron chi connectivity index (χ1n) is 6.18. The van der Waals surface area contributed by atoms with Gasteiger partial charge in [-0.25, -0.2) is 4.39 Å². The van der Waals surface area contributed by atoms with Crippen LogP contribution in [-0.2, 0) is 6.54 Å². The van der Waals surface area contributed by atoms with Crippen LogP contribution in [0.25, 0.3) is 0 Å². The third kappa shape index (κ3) is 3.29. The summed E-state index contributed by atoms with van der Waals surface area (Å²) in [6.07, 6.45) is 1.74. The molecule has 4 heteroatoms. The second-order valence-electron chi connectivity index (χ2n) is 4.28. The first-order chi connectivity index (χ1) is 9.22. The number of pyridine rings is 1. The van der Waals surface area contributed by atoms with Gasteiger partial charge in [-0.2, -0.15) is 0 Å². The predicted molar refractivity (Wildman–Crippen MR) is 72.4 cm³/mol. The van der Waals surface area contributed by atoms with E-state index in [9.17, 15) is 4.39 Å². The maximum Gasteiger partial charge on any atom is 0.131 e. The molecule has 0 amide bonds. The Morgan fingerprint density at radius 2 is 2.11 bits per heavy atom. The van der Waals surface area contributed by atoms with Crippen molar-refractivity contribution in [2.75, 3.05) is 7.11 Å². The molecule has 1 unspecified atom stereocenters. The Hall–Kier alpha value is -1.94. The summed E-state index contributed by atoms with van der Waals surface area (Å²) >= 11 is 0. The van der Waals surface area contributed by atoms with Gasteiger partial charge in [0.05, 0.1) is 12.8 Å². The van der Waals surface area contributed by atoms with Crippen molar-refractivity contribution in [1.29, 1.82) is 0 Å². The summed E-state index contributed by atoms with van der Waals surface area (Å²) in [6, 6.07) is 10.4. The first-order valence-corrected chi connectivity index (χ1v) is 6.18. The van der Waals surface area contributed by atoms with Crippen molar-refractivity contribution in [2.45, 2.75) is 19.5 Å². The molecular formula is C15H17FN2O. The molecule has 0 aliphatic heterocycles. The van der Waals surface area contributed by atoms with Gasteiger partial charge in [-0.3, -0.25) is 4.98 Å². The number of methoxy groups -OCH3 is 1.